The van der Waals surface area contributed by atoms with Crippen molar-refractivity contribution in [2.75, 3.05) is 0 Å². The van der Waals surface area contributed by atoms with E-state index in [0.29, 0.717) is 12.4 Å². The number of aromatic nitrogens is 4. The fourth-order valence-electron chi connectivity index (χ4n) is 1.47. The highest BCUT2D eigenvalue weighted by atomic mass is 79.9. The third-order valence-electron chi connectivity index (χ3n) is 2.55. The number of nitrogens with one attached hydrogen (secondary N) is 1. The van der Waals surface area contributed by atoms with Crippen LogP contribution in [0.2, 0.25) is 0 Å². The molecule has 1 aromatic heterocycles. The molecule has 0 fully saturated rings. The van der Waals surface area contributed by atoms with Crippen molar-refractivity contribution in [2.45, 2.75) is 20.4 Å². The zero-order valence-corrected chi connectivity index (χ0v) is 12.3. The number of rotatable bonds is 4. The molecule has 19 heavy (non-hydrogen) atoms. The van der Waals surface area contributed by atoms with Crippen LogP contribution in [0.1, 0.15) is 19.7 Å². The summed E-state index contributed by atoms with van der Waals surface area (Å²) in [5.74, 6) is 0.513. The molecule has 0 saturated carbocycles. The number of carbonyl (C=O) groups is 1. The Morgan fingerprint density at radius 2 is 2.05 bits per heavy atom. The third-order valence-corrected chi connectivity index (χ3v) is 3.08. The molecule has 6 nitrogen and oxygen atoms in total. The summed E-state index contributed by atoms with van der Waals surface area (Å²) in [7, 11) is 0. The van der Waals surface area contributed by atoms with Gasteiger partial charge in [-0.05, 0) is 34.7 Å². The summed E-state index contributed by atoms with van der Waals surface area (Å²) in [6.07, 6.45) is 0. The first-order chi connectivity index (χ1) is 9.08. The normalized spacial score (nSPS) is 10.7. The van der Waals surface area contributed by atoms with Gasteiger partial charge in [0.05, 0.1) is 12.2 Å². The van der Waals surface area contributed by atoms with Gasteiger partial charge in [-0.3, -0.25) is 4.79 Å². The minimum atomic E-state index is -0.0583. The molecule has 0 bridgehead atoms. The molecule has 100 valence electrons. The molecule has 0 unspecified atom stereocenters. The lowest BCUT2D eigenvalue weighted by molar-refractivity contribution is -0.124. The van der Waals surface area contributed by atoms with E-state index in [4.69, 9.17) is 0 Å². The number of halogens is 1. The summed E-state index contributed by atoms with van der Waals surface area (Å²) in [6.45, 7) is 3.99. The Morgan fingerprint density at radius 1 is 1.37 bits per heavy atom. The Labute approximate surface area is 119 Å². The molecule has 1 aromatic carbocycles. The Balaban J connectivity index is 2.14. The second-order valence-electron chi connectivity index (χ2n) is 4.36. The van der Waals surface area contributed by atoms with Gasteiger partial charge in [-0.1, -0.05) is 29.8 Å². The van der Waals surface area contributed by atoms with Gasteiger partial charge in [0, 0.05) is 10.4 Å². The Hall–Kier alpha value is -1.76. The molecular weight excluding hydrogens is 310 g/mol. The molecule has 1 N–H and O–H groups in total. The van der Waals surface area contributed by atoms with Gasteiger partial charge in [0.15, 0.2) is 5.82 Å². The van der Waals surface area contributed by atoms with Crippen molar-refractivity contribution in [1.82, 2.24) is 25.5 Å². The summed E-state index contributed by atoms with van der Waals surface area (Å²) in [6, 6.07) is 7.61. The smallest absolute Gasteiger partial charge is 0.222 e. The van der Waals surface area contributed by atoms with Crippen LogP contribution in [-0.4, -0.2) is 26.1 Å². The van der Waals surface area contributed by atoms with Crippen LogP contribution in [0.5, 0.6) is 0 Å². The van der Waals surface area contributed by atoms with Crippen molar-refractivity contribution in [3.63, 3.8) is 0 Å². The molecule has 0 radical (unpaired) electrons. The van der Waals surface area contributed by atoms with E-state index in [9.17, 15) is 4.79 Å². The lowest BCUT2D eigenvalue weighted by Gasteiger charge is -2.08. The maximum atomic E-state index is 11.5. The molecule has 0 aliphatic heterocycles. The van der Waals surface area contributed by atoms with Crippen LogP contribution in [0.25, 0.3) is 5.69 Å². The molecule has 1 amide bonds. The largest absolute Gasteiger partial charge is 0.349 e. The van der Waals surface area contributed by atoms with Crippen LogP contribution in [-0.2, 0) is 11.3 Å². The SMILES string of the molecule is CC(C)C(=O)NCc1nnnn1-c1ccc(Br)cc1. The highest BCUT2D eigenvalue weighted by Crippen LogP contribution is 2.13. The third kappa shape index (κ3) is 3.37. The summed E-state index contributed by atoms with van der Waals surface area (Å²) >= 11 is 3.38. The highest BCUT2D eigenvalue weighted by Gasteiger charge is 2.11. The maximum absolute atomic E-state index is 11.5. The Kier molecular flexibility index (Phi) is 4.26. The number of amides is 1. The first kappa shape index (κ1) is 13.7. The number of carbonyl (C=O) groups excluding carboxylic acids is 1. The number of tetrazole rings is 1. The van der Waals surface area contributed by atoms with E-state index in [1.807, 2.05) is 38.1 Å². The van der Waals surface area contributed by atoms with Crippen molar-refractivity contribution < 1.29 is 4.79 Å². The predicted octanol–water partition coefficient (Wildman–Crippen LogP) is 1.70. The van der Waals surface area contributed by atoms with Crippen LogP contribution in [0.4, 0.5) is 0 Å². The molecule has 0 aliphatic rings. The van der Waals surface area contributed by atoms with E-state index in [2.05, 4.69) is 36.8 Å². The summed E-state index contributed by atoms with van der Waals surface area (Å²) < 4.78 is 2.59. The van der Waals surface area contributed by atoms with E-state index in [1.165, 1.54) is 0 Å². The van der Waals surface area contributed by atoms with E-state index in [1.54, 1.807) is 4.68 Å². The lowest BCUT2D eigenvalue weighted by atomic mass is 10.2. The lowest BCUT2D eigenvalue weighted by Crippen LogP contribution is -2.28. The number of hydrogen-bond donors (Lipinski definition) is 1. The molecule has 0 spiro atoms. The fraction of sp³-hybridized carbons (Fsp3) is 0.333. The Bertz CT molecular complexity index is 564. The topological polar surface area (TPSA) is 72.7 Å². The Morgan fingerprint density at radius 3 is 2.68 bits per heavy atom. The average molecular weight is 324 g/mol. The van der Waals surface area contributed by atoms with Gasteiger partial charge in [0.25, 0.3) is 0 Å². The van der Waals surface area contributed by atoms with E-state index in [-0.39, 0.29) is 11.8 Å². The van der Waals surface area contributed by atoms with Gasteiger partial charge in [-0.2, -0.15) is 4.68 Å². The first-order valence-corrected chi connectivity index (χ1v) is 6.68. The van der Waals surface area contributed by atoms with Gasteiger partial charge >= 0.3 is 0 Å². The monoisotopic (exact) mass is 323 g/mol. The van der Waals surface area contributed by atoms with Gasteiger partial charge < -0.3 is 5.32 Å². The van der Waals surface area contributed by atoms with Gasteiger partial charge in [-0.25, -0.2) is 0 Å². The zero-order chi connectivity index (χ0) is 13.8. The molecule has 0 atom stereocenters. The van der Waals surface area contributed by atoms with Crippen molar-refractivity contribution in [3.8, 4) is 5.69 Å². The van der Waals surface area contributed by atoms with Crippen molar-refractivity contribution in [2.24, 2.45) is 5.92 Å². The van der Waals surface area contributed by atoms with Gasteiger partial charge in [0.1, 0.15) is 0 Å². The van der Waals surface area contributed by atoms with Crippen LogP contribution >= 0.6 is 15.9 Å². The van der Waals surface area contributed by atoms with Crippen molar-refractivity contribution in [1.29, 1.82) is 0 Å². The van der Waals surface area contributed by atoms with E-state index < -0.39 is 0 Å². The summed E-state index contributed by atoms with van der Waals surface area (Å²) in [4.78, 5) is 11.5. The van der Waals surface area contributed by atoms with Crippen molar-refractivity contribution in [3.05, 3.63) is 34.6 Å². The first-order valence-electron chi connectivity index (χ1n) is 5.89. The molecule has 2 rings (SSSR count). The summed E-state index contributed by atoms with van der Waals surface area (Å²) in [5.41, 5.74) is 0.849. The molecule has 7 heteroatoms. The number of hydrogen-bond acceptors (Lipinski definition) is 4. The van der Waals surface area contributed by atoms with Crippen molar-refractivity contribution >= 4 is 21.8 Å². The van der Waals surface area contributed by atoms with E-state index >= 15 is 0 Å². The molecule has 0 saturated heterocycles. The number of benzene rings is 1. The van der Waals surface area contributed by atoms with Crippen LogP contribution < -0.4 is 5.32 Å². The summed E-state index contributed by atoms with van der Waals surface area (Å²) in [5, 5.41) is 14.3. The second-order valence-corrected chi connectivity index (χ2v) is 5.27. The molecule has 2 aromatic rings. The van der Waals surface area contributed by atoms with E-state index in [0.717, 1.165) is 10.2 Å². The zero-order valence-electron chi connectivity index (χ0n) is 10.7. The van der Waals surface area contributed by atoms with Gasteiger partial charge in [0.2, 0.25) is 5.91 Å². The highest BCUT2D eigenvalue weighted by molar-refractivity contribution is 9.10. The minimum Gasteiger partial charge on any atom is -0.349 e. The molecule has 0 aliphatic carbocycles. The predicted molar refractivity (Wildman–Crippen MR) is 73.5 cm³/mol. The number of nitrogens with zero attached hydrogens (tertiary/aromatic N) is 4. The maximum Gasteiger partial charge on any atom is 0.222 e. The second kappa shape index (κ2) is 5.92. The van der Waals surface area contributed by atoms with Gasteiger partial charge in [-0.15, -0.1) is 5.10 Å². The van der Waals surface area contributed by atoms with Crippen LogP contribution in [0.3, 0.4) is 0 Å². The quantitative estimate of drug-likeness (QED) is 0.929. The minimum absolute atomic E-state index is 0.0228. The molecule has 1 heterocycles. The molecular formula is C12H14BrN5O. The standard InChI is InChI=1S/C12H14BrN5O/c1-8(2)12(19)14-7-11-15-16-17-18(11)10-5-3-9(13)4-6-10/h3-6,8H,7H2,1-2H3,(H,14,19). The fourth-order valence-corrected chi connectivity index (χ4v) is 1.73. The van der Waals surface area contributed by atoms with Crippen LogP contribution in [0, 0.1) is 5.92 Å². The van der Waals surface area contributed by atoms with Crippen LogP contribution in [0.15, 0.2) is 28.7 Å². The average Bonchev–Trinajstić information content (AvgIpc) is 2.85.